The highest BCUT2D eigenvalue weighted by molar-refractivity contribution is 5.91. The molecule has 49 heavy (non-hydrogen) atoms. The number of hydrogen-bond acceptors (Lipinski definition) is 12. The number of piperidine rings is 1. The van der Waals surface area contributed by atoms with Gasteiger partial charge in [0.05, 0.1) is 66.0 Å². The second-order valence-corrected chi connectivity index (χ2v) is 12.7. The highest BCUT2D eigenvalue weighted by Crippen LogP contribution is 2.51. The molecule has 3 aromatic rings. The molecular formula is C36H46N4O9. The van der Waals surface area contributed by atoms with Gasteiger partial charge >= 0.3 is 11.9 Å². The van der Waals surface area contributed by atoms with Crippen molar-refractivity contribution in [2.75, 3.05) is 68.8 Å². The van der Waals surface area contributed by atoms with Crippen LogP contribution in [0.25, 0.3) is 10.9 Å². The van der Waals surface area contributed by atoms with Crippen LogP contribution in [0.3, 0.4) is 0 Å². The summed E-state index contributed by atoms with van der Waals surface area (Å²) in [5, 5.41) is 4.14. The summed E-state index contributed by atoms with van der Waals surface area (Å²) in [6, 6.07) is 9.40. The van der Waals surface area contributed by atoms with Crippen molar-refractivity contribution in [3.63, 3.8) is 0 Å². The van der Waals surface area contributed by atoms with E-state index in [9.17, 15) is 9.59 Å². The fourth-order valence-corrected chi connectivity index (χ4v) is 8.08. The zero-order valence-corrected chi connectivity index (χ0v) is 28.9. The van der Waals surface area contributed by atoms with E-state index in [0.717, 1.165) is 50.3 Å². The monoisotopic (exact) mass is 678 g/mol. The molecule has 1 saturated heterocycles. The average molecular weight is 679 g/mol. The van der Waals surface area contributed by atoms with E-state index in [0.29, 0.717) is 23.7 Å². The number of methoxy groups -OCH3 is 6. The number of H-pyrrole nitrogens is 1. The van der Waals surface area contributed by atoms with E-state index in [1.54, 1.807) is 32.7 Å². The fraction of sp³-hybridized carbons (Fsp3) is 0.528. The summed E-state index contributed by atoms with van der Waals surface area (Å²) < 4.78 is 39.1. The van der Waals surface area contributed by atoms with E-state index < -0.39 is 24.1 Å². The van der Waals surface area contributed by atoms with Crippen molar-refractivity contribution in [1.29, 1.82) is 0 Å². The molecule has 0 radical (unpaired) electrons. The lowest BCUT2D eigenvalue weighted by Crippen LogP contribution is -2.58. The maximum absolute atomic E-state index is 13.5. The SMILES string of the molecule is C1=NCCN1.COC(=O)[C@H]1[C@H]2C[C@@H]3c4[nH]c5cc(OC)ccc5c4CCN3C[C@H]2C[C@@H](OC(=O)c2cc(OC)c(OC)c(OC)c2)[C@@H]1OC. The molecule has 3 aliphatic heterocycles. The molecule has 2 aromatic carbocycles. The third-order valence-corrected chi connectivity index (χ3v) is 10.3. The molecule has 1 aromatic heterocycles. The Morgan fingerprint density at radius 1 is 0.939 bits per heavy atom. The third kappa shape index (κ3) is 6.61. The number of aromatic amines is 1. The maximum Gasteiger partial charge on any atom is 0.338 e. The van der Waals surface area contributed by atoms with Gasteiger partial charge in [-0.1, -0.05) is 0 Å². The van der Waals surface area contributed by atoms with Gasteiger partial charge in [-0.25, -0.2) is 4.79 Å². The van der Waals surface area contributed by atoms with Crippen LogP contribution in [0.5, 0.6) is 23.0 Å². The van der Waals surface area contributed by atoms with Crippen LogP contribution in [0, 0.1) is 17.8 Å². The van der Waals surface area contributed by atoms with E-state index in [-0.39, 0.29) is 29.4 Å². The van der Waals surface area contributed by atoms with E-state index >= 15 is 0 Å². The number of hydrogen-bond donors (Lipinski definition) is 2. The van der Waals surface area contributed by atoms with Crippen molar-refractivity contribution in [1.82, 2.24) is 15.2 Å². The molecule has 0 unspecified atom stereocenters. The summed E-state index contributed by atoms with van der Waals surface area (Å²) in [7, 11) is 9.10. The van der Waals surface area contributed by atoms with E-state index in [2.05, 4.69) is 26.3 Å². The van der Waals surface area contributed by atoms with Gasteiger partial charge in [-0.3, -0.25) is 14.7 Å². The average Bonchev–Trinajstić information content (AvgIpc) is 3.84. The number of rotatable bonds is 8. The first-order valence-corrected chi connectivity index (χ1v) is 16.6. The number of aromatic nitrogens is 1. The van der Waals surface area contributed by atoms with Crippen molar-refractivity contribution in [2.45, 2.75) is 37.5 Å². The van der Waals surface area contributed by atoms with Crippen LogP contribution in [0.4, 0.5) is 0 Å². The highest BCUT2D eigenvalue weighted by Gasteiger charge is 2.54. The van der Waals surface area contributed by atoms with Crippen LogP contribution < -0.4 is 24.3 Å². The third-order valence-electron chi connectivity index (χ3n) is 10.3. The van der Waals surface area contributed by atoms with Gasteiger partial charge in [-0.05, 0) is 60.9 Å². The van der Waals surface area contributed by atoms with Gasteiger partial charge in [-0.2, -0.15) is 0 Å². The number of esters is 2. The molecule has 1 saturated carbocycles. The molecule has 4 aliphatic rings. The summed E-state index contributed by atoms with van der Waals surface area (Å²) in [4.78, 5) is 37.0. The Balaban J connectivity index is 0.000000765. The number of fused-ring (bicyclic) bond motifs is 6. The first kappa shape index (κ1) is 34.4. The molecule has 0 spiro atoms. The number of aliphatic imine (C=N–C) groups is 1. The summed E-state index contributed by atoms with van der Waals surface area (Å²) >= 11 is 0. The lowest BCUT2D eigenvalue weighted by Gasteiger charge is -2.52. The number of ether oxygens (including phenoxy) is 7. The Bertz CT molecular complexity index is 1660. The predicted molar refractivity (Wildman–Crippen MR) is 182 cm³/mol. The highest BCUT2D eigenvalue weighted by atomic mass is 16.6. The molecule has 0 amide bonds. The standard InChI is InChI=1S/C33H40N2O9.C3H6N2/c1-38-19-7-8-20-21-9-10-35-16-18-13-27(44-32(36)17-11-25(39-2)30(41-4)26(12-17)40-3)31(42-5)28(33(37)43-6)22(18)15-24(35)29(21)34-23(20)14-19;1-2-5-3-4-1/h7-8,11-12,14,18,22,24,27-28,31,34H,9-10,13,15-16H2,1-6H3;3H,1-2H2,(H,4,5)/t18-,22+,24-,27-,28+,31+;/m1./s1. The number of carbonyl (C=O) groups excluding carboxylic acids is 2. The lowest BCUT2D eigenvalue weighted by atomic mass is 9.63. The van der Waals surface area contributed by atoms with E-state index in [1.807, 2.05) is 12.1 Å². The Morgan fingerprint density at radius 2 is 1.71 bits per heavy atom. The largest absolute Gasteiger partial charge is 0.497 e. The molecule has 4 heterocycles. The summed E-state index contributed by atoms with van der Waals surface area (Å²) in [5.41, 5.74) is 3.83. The second-order valence-electron chi connectivity index (χ2n) is 12.7. The molecule has 1 aliphatic carbocycles. The van der Waals surface area contributed by atoms with Crippen LogP contribution >= 0.6 is 0 Å². The Hall–Kier alpha value is -4.49. The quantitative estimate of drug-likeness (QED) is 0.336. The maximum atomic E-state index is 13.5. The van der Waals surface area contributed by atoms with Crippen LogP contribution in [0.1, 0.15) is 40.5 Å². The van der Waals surface area contributed by atoms with Gasteiger partial charge in [0.1, 0.15) is 18.0 Å². The lowest BCUT2D eigenvalue weighted by molar-refractivity contribution is -0.176. The zero-order chi connectivity index (χ0) is 34.7. The van der Waals surface area contributed by atoms with Gasteiger partial charge < -0.3 is 43.5 Å². The van der Waals surface area contributed by atoms with Gasteiger partial charge in [0.2, 0.25) is 5.75 Å². The van der Waals surface area contributed by atoms with Crippen molar-refractivity contribution in [3.8, 4) is 23.0 Å². The minimum Gasteiger partial charge on any atom is -0.497 e. The van der Waals surface area contributed by atoms with Gasteiger partial charge in [0, 0.05) is 49.4 Å². The van der Waals surface area contributed by atoms with Crippen molar-refractivity contribution in [2.24, 2.45) is 22.7 Å². The normalized spacial score (nSPS) is 25.4. The van der Waals surface area contributed by atoms with Crippen molar-refractivity contribution < 1.29 is 42.7 Å². The van der Waals surface area contributed by atoms with Crippen LogP contribution in [0.15, 0.2) is 35.3 Å². The second kappa shape index (κ2) is 15.0. The number of benzene rings is 2. The Kier molecular flexibility index (Phi) is 10.5. The van der Waals surface area contributed by atoms with Crippen LogP contribution in [-0.4, -0.2) is 109 Å². The van der Waals surface area contributed by atoms with Gasteiger partial charge in [-0.15, -0.1) is 0 Å². The Labute approximate surface area is 286 Å². The molecule has 0 bridgehead atoms. The Morgan fingerprint density at radius 3 is 2.31 bits per heavy atom. The summed E-state index contributed by atoms with van der Waals surface area (Å²) in [6.45, 7) is 3.67. The molecule has 264 valence electrons. The van der Waals surface area contributed by atoms with Gasteiger partial charge in [0.25, 0.3) is 0 Å². The number of nitrogens with zero attached hydrogens (tertiary/aromatic N) is 2. The molecule has 6 atom stereocenters. The van der Waals surface area contributed by atoms with Crippen molar-refractivity contribution >= 4 is 29.2 Å². The number of carbonyl (C=O) groups is 2. The molecule has 2 fully saturated rings. The smallest absolute Gasteiger partial charge is 0.338 e. The molecule has 7 rings (SSSR count). The van der Waals surface area contributed by atoms with Crippen LogP contribution in [-0.2, 0) is 25.4 Å². The topological polar surface area (TPSA) is 142 Å². The van der Waals surface area contributed by atoms with Gasteiger partial charge in [0.15, 0.2) is 11.5 Å². The van der Waals surface area contributed by atoms with Crippen molar-refractivity contribution in [3.05, 3.63) is 47.2 Å². The van der Waals surface area contributed by atoms with E-state index in [4.69, 9.17) is 33.2 Å². The molecule has 2 N–H and O–H groups in total. The first-order chi connectivity index (χ1) is 23.8. The minimum absolute atomic E-state index is 0.0170. The zero-order valence-electron chi connectivity index (χ0n) is 28.9. The summed E-state index contributed by atoms with van der Waals surface area (Å²) in [6.07, 6.45) is 2.66. The first-order valence-electron chi connectivity index (χ1n) is 16.6. The predicted octanol–water partition coefficient (Wildman–Crippen LogP) is 3.79. The van der Waals surface area contributed by atoms with Crippen LogP contribution in [0.2, 0.25) is 0 Å². The minimum atomic E-state index is -0.670. The molecule has 13 heteroatoms. The number of nitrogens with one attached hydrogen (secondary N) is 2. The van der Waals surface area contributed by atoms with E-state index in [1.165, 1.54) is 45.1 Å². The fourth-order valence-electron chi connectivity index (χ4n) is 8.08. The molecular weight excluding hydrogens is 632 g/mol. The molecule has 13 nitrogen and oxygen atoms in total. The summed E-state index contributed by atoms with van der Waals surface area (Å²) in [5.74, 6) is 0.441.